The number of carbonyl (C=O) groups excluding carboxylic acids is 2. The van der Waals surface area contributed by atoms with E-state index in [1.165, 1.54) is 24.0 Å². The van der Waals surface area contributed by atoms with Crippen LogP contribution in [0.4, 0.5) is 0 Å². The van der Waals surface area contributed by atoms with Gasteiger partial charge in [0.2, 0.25) is 5.91 Å². The van der Waals surface area contributed by atoms with Gasteiger partial charge in [0.1, 0.15) is 0 Å². The minimum absolute atomic E-state index is 0.0845. The van der Waals surface area contributed by atoms with Crippen molar-refractivity contribution in [2.24, 2.45) is 11.7 Å². The number of nitrogens with two attached hydrogens (primary N) is 1. The molecule has 2 N–H and O–H groups in total. The number of benzene rings is 1. The second-order valence-electron chi connectivity index (χ2n) is 6.84. The summed E-state index contributed by atoms with van der Waals surface area (Å²) < 4.78 is 0. The summed E-state index contributed by atoms with van der Waals surface area (Å²) in [5.41, 5.74) is 9.12. The number of likely N-dealkylation sites (tertiary alicyclic amines) is 1. The van der Waals surface area contributed by atoms with Gasteiger partial charge in [-0.15, -0.1) is 0 Å². The number of carbonyl (C=O) groups is 2. The van der Waals surface area contributed by atoms with Crippen LogP contribution in [0, 0.1) is 5.92 Å². The Morgan fingerprint density at radius 2 is 1.91 bits per heavy atom. The summed E-state index contributed by atoms with van der Waals surface area (Å²) in [6.45, 7) is 2.17. The lowest BCUT2D eigenvalue weighted by atomic mass is 9.89. The number of fused-ring (bicyclic) bond motifs is 1. The molecule has 3 rings (SSSR count). The average Bonchev–Trinajstić information content (AvgIpc) is 3.08. The Bertz CT molecular complexity index is 597. The summed E-state index contributed by atoms with van der Waals surface area (Å²) in [5.74, 6) is 0.601. The van der Waals surface area contributed by atoms with Crippen LogP contribution in [-0.2, 0) is 17.6 Å². The molecule has 1 aromatic rings. The van der Waals surface area contributed by atoms with Crippen molar-refractivity contribution in [1.82, 2.24) is 4.90 Å². The molecule has 1 amide bonds. The van der Waals surface area contributed by atoms with Crippen LogP contribution in [0.15, 0.2) is 18.2 Å². The molecule has 0 saturated carbocycles. The molecule has 1 saturated heterocycles. The van der Waals surface area contributed by atoms with Gasteiger partial charge in [-0.25, -0.2) is 0 Å². The SMILES string of the molecule is NCC1CCN(C(=O)CCC(=O)c2ccc3c(c2)CCCC3)C1. The fourth-order valence-corrected chi connectivity index (χ4v) is 3.68. The summed E-state index contributed by atoms with van der Waals surface area (Å²) in [4.78, 5) is 26.4. The molecule has 1 aliphatic carbocycles. The van der Waals surface area contributed by atoms with Crippen LogP contribution >= 0.6 is 0 Å². The predicted molar refractivity (Wildman–Crippen MR) is 90.4 cm³/mol. The molecule has 0 spiro atoms. The molecule has 124 valence electrons. The maximum Gasteiger partial charge on any atom is 0.223 e. The number of nitrogens with zero attached hydrogens (tertiary/aromatic N) is 1. The third kappa shape index (κ3) is 3.81. The van der Waals surface area contributed by atoms with E-state index >= 15 is 0 Å². The van der Waals surface area contributed by atoms with Gasteiger partial charge >= 0.3 is 0 Å². The zero-order valence-corrected chi connectivity index (χ0v) is 13.7. The van der Waals surface area contributed by atoms with Gasteiger partial charge in [0.25, 0.3) is 0 Å². The van der Waals surface area contributed by atoms with Crippen molar-refractivity contribution in [2.45, 2.75) is 44.9 Å². The van der Waals surface area contributed by atoms with E-state index in [1.807, 2.05) is 17.0 Å². The highest BCUT2D eigenvalue weighted by Gasteiger charge is 2.25. The summed E-state index contributed by atoms with van der Waals surface area (Å²) >= 11 is 0. The Morgan fingerprint density at radius 1 is 1.13 bits per heavy atom. The highest BCUT2D eigenvalue weighted by atomic mass is 16.2. The lowest BCUT2D eigenvalue weighted by molar-refractivity contribution is -0.130. The van der Waals surface area contributed by atoms with Gasteiger partial charge in [-0.2, -0.15) is 0 Å². The average molecular weight is 314 g/mol. The first kappa shape index (κ1) is 16.2. The van der Waals surface area contributed by atoms with Crippen LogP contribution in [0.5, 0.6) is 0 Å². The van der Waals surface area contributed by atoms with Gasteiger partial charge in [-0.1, -0.05) is 12.1 Å². The van der Waals surface area contributed by atoms with E-state index in [4.69, 9.17) is 5.73 Å². The zero-order chi connectivity index (χ0) is 16.2. The highest BCUT2D eigenvalue weighted by Crippen LogP contribution is 2.23. The number of amides is 1. The fraction of sp³-hybridized carbons (Fsp3) is 0.579. The molecule has 0 bridgehead atoms. The van der Waals surface area contributed by atoms with Gasteiger partial charge < -0.3 is 10.6 Å². The maximum absolute atomic E-state index is 12.4. The van der Waals surface area contributed by atoms with E-state index in [2.05, 4.69) is 6.07 Å². The molecule has 0 aromatic heterocycles. The molecule has 1 aliphatic heterocycles. The first-order valence-electron chi connectivity index (χ1n) is 8.80. The van der Waals surface area contributed by atoms with E-state index in [1.54, 1.807) is 0 Å². The number of aryl methyl sites for hydroxylation is 2. The second kappa shape index (κ2) is 7.26. The smallest absolute Gasteiger partial charge is 0.223 e. The minimum Gasteiger partial charge on any atom is -0.342 e. The fourth-order valence-electron chi connectivity index (χ4n) is 3.68. The number of ketones is 1. The van der Waals surface area contributed by atoms with Gasteiger partial charge in [0, 0.05) is 31.5 Å². The predicted octanol–water partition coefficient (Wildman–Crippen LogP) is 2.34. The molecular formula is C19H26N2O2. The monoisotopic (exact) mass is 314 g/mol. The Balaban J connectivity index is 1.54. The van der Waals surface area contributed by atoms with Crippen LogP contribution in [0.3, 0.4) is 0 Å². The summed E-state index contributed by atoms with van der Waals surface area (Å²) in [6, 6.07) is 6.06. The van der Waals surface area contributed by atoms with Crippen LogP contribution in [0.2, 0.25) is 0 Å². The summed E-state index contributed by atoms with van der Waals surface area (Å²) in [5, 5.41) is 0. The van der Waals surface area contributed by atoms with Crippen molar-refractivity contribution in [3.8, 4) is 0 Å². The third-order valence-electron chi connectivity index (χ3n) is 5.21. The molecule has 2 aliphatic rings. The van der Waals surface area contributed by atoms with Gasteiger partial charge in [0.05, 0.1) is 0 Å². The summed E-state index contributed by atoms with van der Waals surface area (Å²) in [7, 11) is 0. The molecule has 4 nitrogen and oxygen atoms in total. The van der Waals surface area contributed by atoms with E-state index < -0.39 is 0 Å². The molecule has 4 heteroatoms. The van der Waals surface area contributed by atoms with Gasteiger partial charge in [-0.3, -0.25) is 9.59 Å². The van der Waals surface area contributed by atoms with Crippen molar-refractivity contribution >= 4 is 11.7 Å². The Kier molecular flexibility index (Phi) is 5.11. The number of hydrogen-bond acceptors (Lipinski definition) is 3. The lowest BCUT2D eigenvalue weighted by Crippen LogP contribution is -2.30. The highest BCUT2D eigenvalue weighted by molar-refractivity contribution is 5.98. The van der Waals surface area contributed by atoms with Crippen LogP contribution < -0.4 is 5.73 Å². The second-order valence-corrected chi connectivity index (χ2v) is 6.84. The van der Waals surface area contributed by atoms with Crippen molar-refractivity contribution in [1.29, 1.82) is 0 Å². The largest absolute Gasteiger partial charge is 0.342 e. The number of hydrogen-bond donors (Lipinski definition) is 1. The Hall–Kier alpha value is -1.68. The Morgan fingerprint density at radius 3 is 2.65 bits per heavy atom. The molecule has 1 aromatic carbocycles. The first-order chi connectivity index (χ1) is 11.2. The van der Waals surface area contributed by atoms with Gasteiger partial charge in [-0.05, 0) is 61.8 Å². The molecule has 1 unspecified atom stereocenters. The molecule has 23 heavy (non-hydrogen) atoms. The van der Waals surface area contributed by atoms with E-state index in [9.17, 15) is 9.59 Å². The van der Waals surface area contributed by atoms with Crippen LogP contribution in [0.25, 0.3) is 0 Å². The van der Waals surface area contributed by atoms with Gasteiger partial charge in [0.15, 0.2) is 5.78 Å². The van der Waals surface area contributed by atoms with Crippen molar-refractivity contribution in [2.75, 3.05) is 19.6 Å². The van der Waals surface area contributed by atoms with Crippen LogP contribution in [0.1, 0.15) is 53.6 Å². The Labute approximate surface area is 138 Å². The quantitative estimate of drug-likeness (QED) is 0.849. The first-order valence-corrected chi connectivity index (χ1v) is 8.80. The van der Waals surface area contributed by atoms with E-state index in [0.29, 0.717) is 25.3 Å². The van der Waals surface area contributed by atoms with Crippen molar-refractivity contribution in [3.05, 3.63) is 34.9 Å². The number of rotatable bonds is 5. The molecule has 1 fully saturated rings. The standard InChI is InChI=1S/C19H26N2O2/c20-12-14-9-10-21(13-14)19(23)8-7-18(22)17-6-5-15-3-1-2-4-16(15)11-17/h5-6,11,14H,1-4,7-10,12-13,20H2. The normalized spacial score (nSPS) is 20.4. The molecule has 0 radical (unpaired) electrons. The molecular weight excluding hydrogens is 288 g/mol. The van der Waals surface area contributed by atoms with E-state index in [0.717, 1.165) is 37.9 Å². The molecule has 1 heterocycles. The summed E-state index contributed by atoms with van der Waals surface area (Å²) in [6.07, 6.45) is 6.26. The van der Waals surface area contributed by atoms with Crippen molar-refractivity contribution in [3.63, 3.8) is 0 Å². The topological polar surface area (TPSA) is 63.4 Å². The number of Topliss-reactive ketones (excluding diaryl/α,β-unsaturated/α-hetero) is 1. The molecule has 1 atom stereocenters. The zero-order valence-electron chi connectivity index (χ0n) is 13.7. The maximum atomic E-state index is 12.4. The van der Waals surface area contributed by atoms with Crippen molar-refractivity contribution < 1.29 is 9.59 Å². The lowest BCUT2D eigenvalue weighted by Gasteiger charge is -2.17. The third-order valence-corrected chi connectivity index (χ3v) is 5.21. The minimum atomic E-state index is 0.0845. The van der Waals surface area contributed by atoms with E-state index in [-0.39, 0.29) is 11.7 Å². The van der Waals surface area contributed by atoms with Crippen LogP contribution in [-0.4, -0.2) is 36.2 Å².